The highest BCUT2D eigenvalue weighted by Gasteiger charge is 2.12. The van der Waals surface area contributed by atoms with Gasteiger partial charge in [-0.2, -0.15) is 0 Å². The van der Waals surface area contributed by atoms with Crippen molar-refractivity contribution in [1.29, 1.82) is 0 Å². The third-order valence-corrected chi connectivity index (χ3v) is 2.81. The van der Waals surface area contributed by atoms with E-state index in [1.807, 2.05) is 13.8 Å². The number of rotatable bonds is 5. The molecule has 0 atom stereocenters. The van der Waals surface area contributed by atoms with Crippen LogP contribution in [0.3, 0.4) is 0 Å². The molecule has 0 spiro atoms. The summed E-state index contributed by atoms with van der Waals surface area (Å²) in [5.41, 5.74) is 0.136. The second-order valence-corrected chi connectivity index (χ2v) is 4.15. The van der Waals surface area contributed by atoms with Crippen molar-refractivity contribution in [3.63, 3.8) is 0 Å². The molecule has 6 heteroatoms. The Hall–Kier alpha value is -2.24. The first-order valence-corrected chi connectivity index (χ1v) is 6.11. The number of anilines is 1. The summed E-state index contributed by atoms with van der Waals surface area (Å²) in [5, 5.41) is 23.6. The molecule has 1 aromatic carbocycles. The molecule has 19 heavy (non-hydrogen) atoms. The summed E-state index contributed by atoms with van der Waals surface area (Å²) in [6, 6.07) is 3.58. The lowest BCUT2D eigenvalue weighted by Crippen LogP contribution is -2.37. The van der Waals surface area contributed by atoms with Crippen LogP contribution >= 0.6 is 0 Å². The molecule has 0 bridgehead atoms. The summed E-state index contributed by atoms with van der Waals surface area (Å²) in [4.78, 5) is 22.4. The molecule has 0 radical (unpaired) electrons. The van der Waals surface area contributed by atoms with E-state index in [-0.39, 0.29) is 23.4 Å². The van der Waals surface area contributed by atoms with Gasteiger partial charge < -0.3 is 20.8 Å². The normalized spacial score (nSPS) is 10.3. The van der Waals surface area contributed by atoms with Crippen LogP contribution in [0.25, 0.3) is 0 Å². The van der Waals surface area contributed by atoms with Crippen molar-refractivity contribution in [3.05, 3.63) is 23.8 Å². The fourth-order valence-electron chi connectivity index (χ4n) is 1.64. The first-order chi connectivity index (χ1) is 8.97. The summed E-state index contributed by atoms with van der Waals surface area (Å²) in [6.07, 6.45) is 1.65. The van der Waals surface area contributed by atoms with Crippen LogP contribution in [0.5, 0.6) is 5.75 Å². The van der Waals surface area contributed by atoms with Crippen LogP contribution in [0.2, 0.25) is 0 Å². The SMILES string of the molecule is CCC(CC)NC(=O)Nc1ccc(C(=O)O)c(O)c1. The maximum atomic E-state index is 11.7. The van der Waals surface area contributed by atoms with Gasteiger partial charge in [-0.3, -0.25) is 0 Å². The number of hydrogen-bond donors (Lipinski definition) is 4. The van der Waals surface area contributed by atoms with Gasteiger partial charge in [0.15, 0.2) is 0 Å². The third-order valence-electron chi connectivity index (χ3n) is 2.81. The van der Waals surface area contributed by atoms with Crippen molar-refractivity contribution < 1.29 is 19.8 Å². The number of phenols is 1. The molecule has 0 fully saturated rings. The number of aromatic hydroxyl groups is 1. The molecule has 0 aliphatic heterocycles. The predicted octanol–water partition coefficient (Wildman–Crippen LogP) is 2.40. The number of hydrogen-bond acceptors (Lipinski definition) is 3. The first-order valence-electron chi connectivity index (χ1n) is 6.11. The second kappa shape index (κ2) is 6.63. The van der Waals surface area contributed by atoms with Crippen molar-refractivity contribution in [2.24, 2.45) is 0 Å². The van der Waals surface area contributed by atoms with E-state index in [1.54, 1.807) is 0 Å². The standard InChI is InChI=1S/C13H18N2O4/c1-3-8(4-2)14-13(19)15-9-5-6-10(12(17)18)11(16)7-9/h5-8,16H,3-4H2,1-2H3,(H,17,18)(H2,14,15,19). The number of urea groups is 1. The zero-order valence-corrected chi connectivity index (χ0v) is 10.9. The fourth-order valence-corrected chi connectivity index (χ4v) is 1.64. The van der Waals surface area contributed by atoms with Gasteiger partial charge in [-0.25, -0.2) is 9.59 Å². The van der Waals surface area contributed by atoms with Crippen LogP contribution in [0.1, 0.15) is 37.0 Å². The highest BCUT2D eigenvalue weighted by atomic mass is 16.4. The molecule has 0 saturated carbocycles. The van der Waals surface area contributed by atoms with E-state index >= 15 is 0 Å². The van der Waals surface area contributed by atoms with Crippen LogP contribution in [0.15, 0.2) is 18.2 Å². The van der Waals surface area contributed by atoms with Crippen LogP contribution in [-0.4, -0.2) is 28.3 Å². The van der Waals surface area contributed by atoms with Gasteiger partial charge in [0, 0.05) is 17.8 Å². The molecule has 0 aliphatic carbocycles. The van der Waals surface area contributed by atoms with E-state index in [0.717, 1.165) is 12.8 Å². The van der Waals surface area contributed by atoms with E-state index in [4.69, 9.17) is 5.11 Å². The molecule has 1 aromatic rings. The lowest BCUT2D eigenvalue weighted by atomic mass is 10.2. The quantitative estimate of drug-likeness (QED) is 0.657. The number of carbonyl (C=O) groups is 2. The minimum atomic E-state index is -1.22. The van der Waals surface area contributed by atoms with E-state index in [0.29, 0.717) is 5.69 Å². The zero-order chi connectivity index (χ0) is 14.4. The molecule has 2 amide bonds. The van der Waals surface area contributed by atoms with E-state index in [1.165, 1.54) is 18.2 Å². The van der Waals surface area contributed by atoms with Gasteiger partial charge in [0.2, 0.25) is 0 Å². The number of nitrogens with one attached hydrogen (secondary N) is 2. The Balaban J connectivity index is 2.70. The monoisotopic (exact) mass is 266 g/mol. The van der Waals surface area contributed by atoms with Crippen molar-refractivity contribution in [2.75, 3.05) is 5.32 Å². The molecular formula is C13H18N2O4. The van der Waals surface area contributed by atoms with E-state index < -0.39 is 5.97 Å². The summed E-state index contributed by atoms with van der Waals surface area (Å²) < 4.78 is 0. The lowest BCUT2D eigenvalue weighted by Gasteiger charge is -2.15. The number of carbonyl (C=O) groups excluding carboxylic acids is 1. The number of amides is 2. The molecule has 104 valence electrons. The largest absolute Gasteiger partial charge is 0.507 e. The summed E-state index contributed by atoms with van der Waals surface area (Å²) in [6.45, 7) is 3.95. The maximum absolute atomic E-state index is 11.7. The topological polar surface area (TPSA) is 98.7 Å². The van der Waals surface area contributed by atoms with Crippen LogP contribution in [0.4, 0.5) is 10.5 Å². The summed E-state index contributed by atoms with van der Waals surface area (Å²) in [5.74, 6) is -1.60. The number of benzene rings is 1. The molecular weight excluding hydrogens is 248 g/mol. The van der Waals surface area contributed by atoms with Crippen LogP contribution < -0.4 is 10.6 Å². The summed E-state index contributed by atoms with van der Waals surface area (Å²) in [7, 11) is 0. The minimum Gasteiger partial charge on any atom is -0.507 e. The molecule has 1 rings (SSSR count). The Bertz CT molecular complexity index is 470. The van der Waals surface area contributed by atoms with Gasteiger partial charge >= 0.3 is 12.0 Å². The Labute approximate surface area is 111 Å². The van der Waals surface area contributed by atoms with Crippen molar-refractivity contribution in [1.82, 2.24) is 5.32 Å². The van der Waals surface area contributed by atoms with Gasteiger partial charge in [-0.1, -0.05) is 13.8 Å². The van der Waals surface area contributed by atoms with Gasteiger partial charge in [0.1, 0.15) is 11.3 Å². The Morgan fingerprint density at radius 3 is 2.37 bits per heavy atom. The fraction of sp³-hybridized carbons (Fsp3) is 0.385. The van der Waals surface area contributed by atoms with E-state index in [9.17, 15) is 14.7 Å². The zero-order valence-electron chi connectivity index (χ0n) is 10.9. The smallest absolute Gasteiger partial charge is 0.339 e. The number of aromatic carboxylic acids is 1. The van der Waals surface area contributed by atoms with Crippen LogP contribution in [-0.2, 0) is 0 Å². The van der Waals surface area contributed by atoms with Crippen molar-refractivity contribution in [2.45, 2.75) is 32.7 Å². The third kappa shape index (κ3) is 4.17. The molecule has 0 unspecified atom stereocenters. The average molecular weight is 266 g/mol. The highest BCUT2D eigenvalue weighted by Crippen LogP contribution is 2.21. The molecule has 0 saturated heterocycles. The Morgan fingerprint density at radius 1 is 1.26 bits per heavy atom. The van der Waals surface area contributed by atoms with E-state index in [2.05, 4.69) is 10.6 Å². The Morgan fingerprint density at radius 2 is 1.89 bits per heavy atom. The number of carboxylic acids is 1. The summed E-state index contributed by atoms with van der Waals surface area (Å²) >= 11 is 0. The second-order valence-electron chi connectivity index (χ2n) is 4.15. The molecule has 0 aromatic heterocycles. The van der Waals surface area contributed by atoms with Gasteiger partial charge in [0.25, 0.3) is 0 Å². The van der Waals surface area contributed by atoms with Crippen molar-refractivity contribution in [3.8, 4) is 5.75 Å². The lowest BCUT2D eigenvalue weighted by molar-refractivity contribution is 0.0694. The van der Waals surface area contributed by atoms with Crippen LogP contribution in [0, 0.1) is 0 Å². The average Bonchev–Trinajstić information content (AvgIpc) is 2.35. The highest BCUT2D eigenvalue weighted by molar-refractivity contribution is 5.94. The molecule has 6 nitrogen and oxygen atoms in total. The molecule has 0 aliphatic rings. The predicted molar refractivity (Wildman–Crippen MR) is 71.6 cm³/mol. The first kappa shape index (κ1) is 14.8. The molecule has 0 heterocycles. The minimum absolute atomic E-state index is 0.0897. The van der Waals surface area contributed by atoms with Crippen molar-refractivity contribution >= 4 is 17.7 Å². The van der Waals surface area contributed by atoms with Gasteiger partial charge in [-0.05, 0) is 25.0 Å². The maximum Gasteiger partial charge on any atom is 0.339 e. The number of carboxylic acid groups (broad SMARTS) is 1. The molecule has 4 N–H and O–H groups in total. The van der Waals surface area contributed by atoms with Gasteiger partial charge in [-0.15, -0.1) is 0 Å². The van der Waals surface area contributed by atoms with Gasteiger partial charge in [0.05, 0.1) is 0 Å². The Kier molecular flexibility index (Phi) is 5.17.